The van der Waals surface area contributed by atoms with Crippen LogP contribution in [-0.2, 0) is 6.61 Å². The first-order valence-electron chi connectivity index (χ1n) is 11.0. The number of aromatic nitrogens is 2. The molecule has 3 aromatic carbocycles. The molecule has 0 saturated carbocycles. The molecule has 0 saturated heterocycles. The van der Waals surface area contributed by atoms with Crippen LogP contribution in [0.25, 0.3) is 17.8 Å². The summed E-state index contributed by atoms with van der Waals surface area (Å²) in [5.74, 6) is -0.218. The Hall–Kier alpha value is -3.54. The number of hydrogen-bond acceptors (Lipinski definition) is 3. The first-order chi connectivity index (χ1) is 16.7. The topological polar surface area (TPSA) is 64.4 Å². The fourth-order valence-corrected chi connectivity index (χ4v) is 4.29. The number of benzene rings is 3. The minimum absolute atomic E-state index is 0.260. The Balaban J connectivity index is 1.54. The average Bonchev–Trinajstić information content (AvgIpc) is 3.10. The average molecular weight is 507 g/mol. The Bertz CT molecular complexity index is 1420. The Labute approximate surface area is 214 Å². The minimum atomic E-state index is -0.943. The zero-order valence-corrected chi connectivity index (χ0v) is 21.1. The van der Waals surface area contributed by atoms with Crippen molar-refractivity contribution >= 4 is 41.3 Å². The number of hydrogen-bond donors (Lipinski definition) is 1. The summed E-state index contributed by atoms with van der Waals surface area (Å²) in [4.78, 5) is 11.2. The third-order valence-electron chi connectivity index (χ3n) is 5.84. The van der Waals surface area contributed by atoms with Gasteiger partial charge in [0.1, 0.15) is 18.0 Å². The smallest absolute Gasteiger partial charge is 0.335 e. The van der Waals surface area contributed by atoms with Crippen molar-refractivity contribution in [2.24, 2.45) is 0 Å². The van der Waals surface area contributed by atoms with Crippen LogP contribution in [0.5, 0.6) is 5.75 Å². The second-order valence-electron chi connectivity index (χ2n) is 8.21. The van der Waals surface area contributed by atoms with Gasteiger partial charge >= 0.3 is 5.97 Å². The number of carboxylic acids is 1. The number of para-hydroxylation sites is 1. The molecule has 4 rings (SSSR count). The summed E-state index contributed by atoms with van der Waals surface area (Å²) in [6, 6.07) is 18.0. The van der Waals surface area contributed by atoms with Crippen LogP contribution in [0.2, 0.25) is 10.0 Å². The second kappa shape index (κ2) is 10.4. The molecular weight excluding hydrogens is 483 g/mol. The molecule has 0 atom stereocenters. The van der Waals surface area contributed by atoms with E-state index >= 15 is 0 Å². The molecule has 0 spiro atoms. The van der Waals surface area contributed by atoms with Crippen molar-refractivity contribution in [3.8, 4) is 11.4 Å². The number of rotatable bonds is 7. The highest BCUT2D eigenvalue weighted by Crippen LogP contribution is 2.31. The first kappa shape index (κ1) is 24.6. The van der Waals surface area contributed by atoms with Crippen LogP contribution in [0.4, 0.5) is 0 Å². The zero-order valence-electron chi connectivity index (χ0n) is 19.5. The molecule has 7 heteroatoms. The van der Waals surface area contributed by atoms with Crippen molar-refractivity contribution < 1.29 is 14.6 Å². The number of carboxylic acid groups (broad SMARTS) is 1. The Morgan fingerprint density at radius 1 is 1.00 bits per heavy atom. The van der Waals surface area contributed by atoms with Gasteiger partial charge in [0.2, 0.25) is 0 Å². The van der Waals surface area contributed by atoms with Crippen LogP contribution in [0.1, 0.15) is 44.0 Å². The fraction of sp³-hybridized carbons (Fsp3) is 0.143. The van der Waals surface area contributed by atoms with Crippen LogP contribution in [0.15, 0.2) is 60.7 Å². The second-order valence-corrected chi connectivity index (χ2v) is 9.02. The quantitative estimate of drug-likeness (QED) is 0.262. The third kappa shape index (κ3) is 5.42. The highest BCUT2D eigenvalue weighted by atomic mass is 35.5. The molecule has 5 nitrogen and oxygen atoms in total. The third-order valence-corrected chi connectivity index (χ3v) is 6.45. The molecule has 0 unspecified atom stereocenters. The van der Waals surface area contributed by atoms with E-state index in [0.29, 0.717) is 22.3 Å². The summed E-state index contributed by atoms with van der Waals surface area (Å²) in [6.45, 7) is 6.24. The van der Waals surface area contributed by atoms with Crippen LogP contribution >= 0.6 is 23.2 Å². The molecule has 0 aliphatic carbocycles. The van der Waals surface area contributed by atoms with Gasteiger partial charge in [0.25, 0.3) is 0 Å². The summed E-state index contributed by atoms with van der Waals surface area (Å²) in [7, 11) is 0. The molecule has 0 bridgehead atoms. The molecule has 178 valence electrons. The molecule has 1 N–H and O–H groups in total. The standard InChI is InChI=1S/C28H24Cl2N2O3/c1-17-14-23(13-12-21(17)11-10-20-6-4-7-22(15-20)28(33)34)35-16-26-18(2)19(3)31-32(26)27-24(29)8-5-9-25(27)30/h4-15H,16H2,1-3H3,(H,33,34)/b11-10+. The molecule has 0 aliphatic heterocycles. The van der Waals surface area contributed by atoms with Gasteiger partial charge in [-0.25, -0.2) is 9.48 Å². The van der Waals surface area contributed by atoms with Crippen molar-refractivity contribution in [3.05, 3.63) is 110 Å². The number of aryl methyl sites for hydroxylation is 2. The van der Waals surface area contributed by atoms with E-state index in [-0.39, 0.29) is 5.56 Å². The summed E-state index contributed by atoms with van der Waals surface area (Å²) in [5.41, 5.74) is 6.52. The number of aromatic carboxylic acids is 1. The van der Waals surface area contributed by atoms with Crippen LogP contribution < -0.4 is 4.74 Å². The molecular formula is C28H24Cl2N2O3. The van der Waals surface area contributed by atoms with Crippen LogP contribution in [0.3, 0.4) is 0 Å². The Kier molecular flexibility index (Phi) is 7.29. The largest absolute Gasteiger partial charge is 0.487 e. The summed E-state index contributed by atoms with van der Waals surface area (Å²) in [6.07, 6.45) is 3.86. The van der Waals surface area contributed by atoms with E-state index in [1.807, 2.05) is 57.2 Å². The summed E-state index contributed by atoms with van der Waals surface area (Å²) < 4.78 is 7.89. The predicted molar refractivity (Wildman–Crippen MR) is 141 cm³/mol. The van der Waals surface area contributed by atoms with Gasteiger partial charge in [0, 0.05) is 0 Å². The maximum Gasteiger partial charge on any atom is 0.335 e. The number of ether oxygens (including phenoxy) is 1. The lowest BCUT2D eigenvalue weighted by molar-refractivity contribution is 0.0697. The van der Waals surface area contributed by atoms with Gasteiger partial charge in [-0.3, -0.25) is 0 Å². The van der Waals surface area contributed by atoms with Gasteiger partial charge in [-0.2, -0.15) is 5.10 Å². The predicted octanol–water partition coefficient (Wildman–Crippen LogP) is 7.55. The molecule has 0 amide bonds. The SMILES string of the molecule is Cc1cc(OCc2c(C)c(C)nn2-c2c(Cl)cccc2Cl)ccc1/C=C/c1cccc(C(=O)O)c1. The number of halogens is 2. The normalized spacial score (nSPS) is 11.2. The fourth-order valence-electron chi connectivity index (χ4n) is 3.74. The van der Waals surface area contributed by atoms with Crippen LogP contribution in [-0.4, -0.2) is 20.9 Å². The van der Waals surface area contributed by atoms with Gasteiger partial charge < -0.3 is 9.84 Å². The minimum Gasteiger partial charge on any atom is -0.487 e. The lowest BCUT2D eigenvalue weighted by Gasteiger charge is -2.13. The van der Waals surface area contributed by atoms with Crippen molar-refractivity contribution in [2.45, 2.75) is 27.4 Å². The maximum atomic E-state index is 11.2. The molecule has 0 radical (unpaired) electrons. The van der Waals surface area contributed by atoms with Crippen molar-refractivity contribution in [1.29, 1.82) is 0 Å². The Morgan fingerprint density at radius 3 is 2.40 bits per heavy atom. The van der Waals surface area contributed by atoms with E-state index < -0.39 is 5.97 Å². The lowest BCUT2D eigenvalue weighted by atomic mass is 10.1. The molecule has 35 heavy (non-hydrogen) atoms. The zero-order chi connectivity index (χ0) is 25.1. The van der Waals surface area contributed by atoms with Gasteiger partial charge in [-0.1, -0.05) is 59.6 Å². The highest BCUT2D eigenvalue weighted by Gasteiger charge is 2.18. The molecule has 1 aromatic heterocycles. The van der Waals surface area contributed by atoms with Gasteiger partial charge in [0.15, 0.2) is 0 Å². The van der Waals surface area contributed by atoms with E-state index in [9.17, 15) is 9.90 Å². The van der Waals surface area contributed by atoms with E-state index in [2.05, 4.69) is 5.10 Å². The van der Waals surface area contributed by atoms with E-state index in [1.54, 1.807) is 41.1 Å². The van der Waals surface area contributed by atoms with Crippen molar-refractivity contribution in [2.75, 3.05) is 0 Å². The van der Waals surface area contributed by atoms with Gasteiger partial charge in [-0.15, -0.1) is 0 Å². The van der Waals surface area contributed by atoms with Gasteiger partial charge in [-0.05, 0) is 79.4 Å². The van der Waals surface area contributed by atoms with Crippen molar-refractivity contribution in [3.63, 3.8) is 0 Å². The summed E-state index contributed by atoms with van der Waals surface area (Å²) in [5, 5.41) is 14.8. The molecule has 1 heterocycles. The highest BCUT2D eigenvalue weighted by molar-refractivity contribution is 6.37. The van der Waals surface area contributed by atoms with E-state index in [1.165, 1.54) is 0 Å². The number of carbonyl (C=O) groups is 1. The first-order valence-corrected chi connectivity index (χ1v) is 11.7. The molecule has 0 fully saturated rings. The van der Waals surface area contributed by atoms with Crippen molar-refractivity contribution in [1.82, 2.24) is 9.78 Å². The monoisotopic (exact) mass is 506 g/mol. The molecule has 4 aromatic rings. The van der Waals surface area contributed by atoms with E-state index in [0.717, 1.165) is 39.4 Å². The summed E-state index contributed by atoms with van der Waals surface area (Å²) >= 11 is 12.9. The molecule has 0 aliphatic rings. The van der Waals surface area contributed by atoms with Gasteiger partial charge in [0.05, 0.1) is 27.0 Å². The number of nitrogens with zero attached hydrogens (tertiary/aromatic N) is 2. The Morgan fingerprint density at radius 2 is 1.71 bits per heavy atom. The maximum absolute atomic E-state index is 11.2. The lowest BCUT2D eigenvalue weighted by Crippen LogP contribution is -2.08. The van der Waals surface area contributed by atoms with Crippen LogP contribution in [0, 0.1) is 20.8 Å². The van der Waals surface area contributed by atoms with E-state index in [4.69, 9.17) is 27.9 Å².